The molecule has 0 aromatic carbocycles. The van der Waals surface area contributed by atoms with E-state index >= 15 is 0 Å². The normalized spacial score (nSPS) is 11.5. The number of carbonyl (C=O) groups excluding carboxylic acids is 1. The van der Waals surface area contributed by atoms with E-state index in [1.165, 1.54) is 114 Å². The fraction of sp³-hybridized carbons (Fsp3) is 0.966. The average Bonchev–Trinajstić information content (AvgIpc) is 2.72. The van der Waals surface area contributed by atoms with Crippen molar-refractivity contribution in [3.05, 3.63) is 0 Å². The van der Waals surface area contributed by atoms with Gasteiger partial charge in [0, 0.05) is 5.97 Å². The Balaban J connectivity index is 0. The Kier molecular flexibility index (Phi) is 26.3. The van der Waals surface area contributed by atoms with Crippen LogP contribution in [0.4, 0.5) is 0 Å². The van der Waals surface area contributed by atoms with Crippen LogP contribution in [0.1, 0.15) is 150 Å². The van der Waals surface area contributed by atoms with E-state index in [9.17, 15) is 9.90 Å². The smallest absolute Gasteiger partial charge is 0.0782 e. The van der Waals surface area contributed by atoms with Crippen molar-refractivity contribution in [2.75, 3.05) is 27.2 Å². The van der Waals surface area contributed by atoms with Crippen molar-refractivity contribution in [2.24, 2.45) is 5.92 Å². The molecule has 0 aliphatic rings. The van der Waals surface area contributed by atoms with E-state index in [0.29, 0.717) is 0 Å². The number of nitrogens with zero attached hydrogens (tertiary/aromatic N) is 1. The molecule has 0 aliphatic carbocycles. The lowest BCUT2D eigenvalue weighted by molar-refractivity contribution is -0.890. The van der Waals surface area contributed by atoms with Crippen molar-refractivity contribution in [1.29, 1.82) is 0 Å². The lowest BCUT2D eigenvalue weighted by Crippen LogP contribution is -2.41. The first-order valence-electron chi connectivity index (χ1n) is 14.3. The van der Waals surface area contributed by atoms with Gasteiger partial charge in [0.25, 0.3) is 0 Å². The third-order valence-corrected chi connectivity index (χ3v) is 6.40. The van der Waals surface area contributed by atoms with Crippen LogP contribution >= 0.6 is 0 Å². The van der Waals surface area contributed by atoms with Crippen LogP contribution in [0.25, 0.3) is 0 Å². The molecule has 0 aromatic heterocycles. The Labute approximate surface area is 203 Å². The molecule has 0 N–H and O–H groups in total. The van der Waals surface area contributed by atoms with Gasteiger partial charge in [-0.15, -0.1) is 0 Å². The predicted molar refractivity (Wildman–Crippen MR) is 141 cm³/mol. The van der Waals surface area contributed by atoms with Crippen molar-refractivity contribution in [3.63, 3.8) is 0 Å². The number of carboxylic acid groups (broad SMARTS) is 1. The van der Waals surface area contributed by atoms with Crippen LogP contribution in [0.3, 0.4) is 0 Å². The molecular formula is C29H61NO2. The molecule has 0 atom stereocenters. The topological polar surface area (TPSA) is 40.1 Å². The molecule has 0 unspecified atom stereocenters. The molecule has 0 spiro atoms. The third-order valence-electron chi connectivity index (χ3n) is 6.40. The zero-order valence-corrected chi connectivity index (χ0v) is 23.2. The predicted octanol–water partition coefficient (Wildman–Crippen LogP) is 7.91. The minimum absolute atomic E-state index is 0.226. The molecule has 0 heterocycles. The van der Waals surface area contributed by atoms with Gasteiger partial charge in [0.1, 0.15) is 0 Å². The summed E-state index contributed by atoms with van der Waals surface area (Å²) >= 11 is 0. The van der Waals surface area contributed by atoms with Crippen molar-refractivity contribution in [1.82, 2.24) is 0 Å². The van der Waals surface area contributed by atoms with Crippen LogP contribution in [0, 0.1) is 5.92 Å². The van der Waals surface area contributed by atoms with Gasteiger partial charge in [-0.3, -0.25) is 0 Å². The van der Waals surface area contributed by atoms with Crippen molar-refractivity contribution < 1.29 is 14.4 Å². The molecule has 0 rings (SSSR count). The summed E-state index contributed by atoms with van der Waals surface area (Å²) in [5.41, 5.74) is 0. The van der Waals surface area contributed by atoms with Gasteiger partial charge in [0.2, 0.25) is 0 Å². The molecule has 0 radical (unpaired) electrons. The molecule has 3 nitrogen and oxygen atoms in total. The van der Waals surface area contributed by atoms with Crippen LogP contribution in [0.15, 0.2) is 0 Å². The zero-order valence-electron chi connectivity index (χ0n) is 23.2. The molecule has 194 valence electrons. The van der Waals surface area contributed by atoms with Gasteiger partial charge in [0.15, 0.2) is 0 Å². The average molecular weight is 456 g/mol. The van der Waals surface area contributed by atoms with E-state index in [2.05, 4.69) is 41.8 Å². The van der Waals surface area contributed by atoms with Crippen LogP contribution in [-0.2, 0) is 4.79 Å². The van der Waals surface area contributed by atoms with Crippen LogP contribution in [0.2, 0.25) is 0 Å². The van der Waals surface area contributed by atoms with Gasteiger partial charge >= 0.3 is 0 Å². The van der Waals surface area contributed by atoms with E-state index in [1.807, 2.05) is 0 Å². The Morgan fingerprint density at radius 3 is 1.41 bits per heavy atom. The second-order valence-electron chi connectivity index (χ2n) is 11.0. The SMILES string of the molecule is CCCCCCCC(=O)[O-].CCCCCCCCCC[N+](C)(C)CCCCCCC(C)C. The van der Waals surface area contributed by atoms with Crippen molar-refractivity contribution in [2.45, 2.75) is 150 Å². The summed E-state index contributed by atoms with van der Waals surface area (Å²) in [6.07, 6.45) is 24.2. The Hall–Kier alpha value is -0.570. The maximum atomic E-state index is 9.92. The number of unbranched alkanes of at least 4 members (excludes halogenated alkanes) is 14. The van der Waals surface area contributed by atoms with Gasteiger partial charge < -0.3 is 14.4 Å². The maximum absolute atomic E-state index is 9.92. The summed E-state index contributed by atoms with van der Waals surface area (Å²) in [5, 5.41) is 9.92. The van der Waals surface area contributed by atoms with Crippen LogP contribution in [0.5, 0.6) is 0 Å². The van der Waals surface area contributed by atoms with E-state index in [1.54, 1.807) is 0 Å². The fourth-order valence-electron chi connectivity index (χ4n) is 4.10. The number of rotatable bonds is 22. The van der Waals surface area contributed by atoms with Crippen LogP contribution < -0.4 is 5.11 Å². The van der Waals surface area contributed by atoms with E-state index in [4.69, 9.17) is 0 Å². The molecule has 0 amide bonds. The second-order valence-corrected chi connectivity index (χ2v) is 11.0. The fourth-order valence-corrected chi connectivity index (χ4v) is 4.10. The lowest BCUT2D eigenvalue weighted by atomic mass is 10.0. The van der Waals surface area contributed by atoms with Gasteiger partial charge in [-0.25, -0.2) is 0 Å². The number of carbonyl (C=O) groups is 1. The summed E-state index contributed by atoms with van der Waals surface area (Å²) in [5.74, 6) is -0.0364. The molecule has 0 aliphatic heterocycles. The number of hydrogen-bond donors (Lipinski definition) is 0. The quantitative estimate of drug-likeness (QED) is 0.123. The summed E-state index contributed by atoms with van der Waals surface area (Å²) in [7, 11) is 4.85. The molecule has 0 saturated heterocycles. The molecule has 0 fully saturated rings. The minimum atomic E-state index is -0.920. The van der Waals surface area contributed by atoms with Crippen molar-refractivity contribution in [3.8, 4) is 0 Å². The van der Waals surface area contributed by atoms with E-state index < -0.39 is 5.97 Å². The highest BCUT2D eigenvalue weighted by Crippen LogP contribution is 2.13. The highest BCUT2D eigenvalue weighted by atomic mass is 16.4. The Morgan fingerprint density at radius 1 is 0.625 bits per heavy atom. The molecule has 0 saturated carbocycles. The summed E-state index contributed by atoms with van der Waals surface area (Å²) in [6.45, 7) is 11.9. The number of quaternary nitrogens is 1. The molecular weight excluding hydrogens is 394 g/mol. The van der Waals surface area contributed by atoms with E-state index in [-0.39, 0.29) is 6.42 Å². The summed E-state index contributed by atoms with van der Waals surface area (Å²) in [6, 6.07) is 0. The highest BCUT2D eigenvalue weighted by molar-refractivity contribution is 5.63. The number of hydrogen-bond acceptors (Lipinski definition) is 2. The van der Waals surface area contributed by atoms with Gasteiger partial charge in [-0.05, 0) is 44.4 Å². The Bertz CT molecular complexity index is 379. The largest absolute Gasteiger partial charge is 0.550 e. The first-order valence-corrected chi connectivity index (χ1v) is 14.3. The van der Waals surface area contributed by atoms with E-state index in [0.717, 1.165) is 25.2 Å². The third kappa shape index (κ3) is 31.6. The lowest BCUT2D eigenvalue weighted by Gasteiger charge is -2.30. The zero-order chi connectivity index (χ0) is 24.5. The van der Waals surface area contributed by atoms with Gasteiger partial charge in [-0.1, -0.05) is 111 Å². The molecule has 0 aromatic rings. The summed E-state index contributed by atoms with van der Waals surface area (Å²) in [4.78, 5) is 9.92. The van der Waals surface area contributed by atoms with Crippen LogP contribution in [-0.4, -0.2) is 37.6 Å². The number of carboxylic acids is 1. The second kappa shape index (κ2) is 25.1. The molecule has 3 heteroatoms. The molecule has 32 heavy (non-hydrogen) atoms. The first kappa shape index (κ1) is 33.6. The van der Waals surface area contributed by atoms with Gasteiger partial charge in [0.05, 0.1) is 27.2 Å². The van der Waals surface area contributed by atoms with Crippen molar-refractivity contribution >= 4 is 5.97 Å². The maximum Gasteiger partial charge on any atom is 0.0782 e. The van der Waals surface area contributed by atoms with Gasteiger partial charge in [-0.2, -0.15) is 0 Å². The minimum Gasteiger partial charge on any atom is -0.550 e. The first-order chi connectivity index (χ1) is 15.2. The Morgan fingerprint density at radius 2 is 1.00 bits per heavy atom. The number of aliphatic carboxylic acids is 1. The molecule has 0 bridgehead atoms. The highest BCUT2D eigenvalue weighted by Gasteiger charge is 2.13. The summed E-state index contributed by atoms with van der Waals surface area (Å²) < 4.78 is 1.24. The standard InChI is InChI=1S/C21H46N.C8H16O2/c1-6-7-8-9-10-11-13-16-19-22(4,5)20-17-14-12-15-18-21(2)3;1-2-3-4-5-6-7-8(9)10/h21H,6-20H2,1-5H3;2-7H2,1H3,(H,9,10)/q+1;/p-1. The monoisotopic (exact) mass is 455 g/mol.